The molecule has 3 nitrogen and oxygen atoms in total. The summed E-state index contributed by atoms with van der Waals surface area (Å²) in [6.45, 7) is 0.0408. The second-order valence-electron chi connectivity index (χ2n) is 4.50. The van der Waals surface area contributed by atoms with E-state index in [9.17, 15) is 12.8 Å². The van der Waals surface area contributed by atoms with Gasteiger partial charge >= 0.3 is 0 Å². The third-order valence-corrected chi connectivity index (χ3v) is 4.69. The minimum atomic E-state index is -3.57. The Morgan fingerprint density at radius 2 is 1.81 bits per heavy atom. The van der Waals surface area contributed by atoms with Gasteiger partial charge in [0.25, 0.3) is 0 Å². The standard InChI is InChI=1S/C14H12Cl2FNO2S/c1-21(19,20)18(12-4-2-3-11(17)8-12)9-10-5-6-13(15)14(16)7-10/h2-8H,9H2,1H3. The number of nitrogens with zero attached hydrogens (tertiary/aromatic N) is 1. The van der Waals surface area contributed by atoms with Crippen LogP contribution < -0.4 is 4.31 Å². The average Bonchev–Trinajstić information content (AvgIpc) is 2.38. The van der Waals surface area contributed by atoms with Crippen molar-refractivity contribution in [3.8, 4) is 0 Å². The summed E-state index contributed by atoms with van der Waals surface area (Å²) in [4.78, 5) is 0. The van der Waals surface area contributed by atoms with Gasteiger partial charge in [-0.25, -0.2) is 12.8 Å². The fourth-order valence-corrected chi connectivity index (χ4v) is 3.04. The van der Waals surface area contributed by atoms with E-state index in [1.165, 1.54) is 24.3 Å². The Hall–Kier alpha value is -1.30. The van der Waals surface area contributed by atoms with Crippen molar-refractivity contribution >= 4 is 38.9 Å². The SMILES string of the molecule is CS(=O)(=O)N(Cc1ccc(Cl)c(Cl)c1)c1cccc(F)c1. The summed E-state index contributed by atoms with van der Waals surface area (Å²) < 4.78 is 38.3. The van der Waals surface area contributed by atoms with E-state index >= 15 is 0 Å². The fraction of sp³-hybridized carbons (Fsp3) is 0.143. The van der Waals surface area contributed by atoms with Crippen molar-refractivity contribution in [3.63, 3.8) is 0 Å². The van der Waals surface area contributed by atoms with E-state index in [2.05, 4.69) is 0 Å². The van der Waals surface area contributed by atoms with E-state index in [1.807, 2.05) is 0 Å². The van der Waals surface area contributed by atoms with Crippen molar-refractivity contribution in [1.29, 1.82) is 0 Å². The number of anilines is 1. The first-order chi connectivity index (χ1) is 9.77. The van der Waals surface area contributed by atoms with Crippen LogP contribution in [0.5, 0.6) is 0 Å². The highest BCUT2D eigenvalue weighted by atomic mass is 35.5. The summed E-state index contributed by atoms with van der Waals surface area (Å²) >= 11 is 11.8. The third kappa shape index (κ3) is 4.09. The van der Waals surface area contributed by atoms with Crippen molar-refractivity contribution in [3.05, 3.63) is 63.9 Å². The highest BCUT2D eigenvalue weighted by Crippen LogP contribution is 2.26. The van der Waals surface area contributed by atoms with Crippen LogP contribution in [0.1, 0.15) is 5.56 Å². The number of halogens is 3. The number of rotatable bonds is 4. The molecular weight excluding hydrogens is 336 g/mol. The Morgan fingerprint density at radius 3 is 2.38 bits per heavy atom. The predicted molar refractivity (Wildman–Crippen MR) is 83.9 cm³/mol. The summed E-state index contributed by atoms with van der Waals surface area (Å²) in [7, 11) is -3.57. The van der Waals surface area contributed by atoms with Gasteiger partial charge in [0.15, 0.2) is 0 Å². The van der Waals surface area contributed by atoms with Crippen LogP contribution in [0.3, 0.4) is 0 Å². The van der Waals surface area contributed by atoms with E-state index in [0.29, 0.717) is 15.6 Å². The zero-order valence-corrected chi connectivity index (χ0v) is 13.4. The van der Waals surface area contributed by atoms with Gasteiger partial charge < -0.3 is 0 Å². The van der Waals surface area contributed by atoms with Gasteiger partial charge in [-0.15, -0.1) is 0 Å². The van der Waals surface area contributed by atoms with Crippen LogP contribution >= 0.6 is 23.2 Å². The van der Waals surface area contributed by atoms with E-state index in [1.54, 1.807) is 18.2 Å². The lowest BCUT2D eigenvalue weighted by Gasteiger charge is -2.22. The van der Waals surface area contributed by atoms with Gasteiger partial charge in [0.05, 0.1) is 28.5 Å². The maximum absolute atomic E-state index is 13.3. The Balaban J connectivity index is 2.40. The van der Waals surface area contributed by atoms with Gasteiger partial charge in [0, 0.05) is 0 Å². The molecule has 0 saturated heterocycles. The molecule has 0 bridgehead atoms. The normalized spacial score (nSPS) is 11.4. The zero-order chi connectivity index (χ0) is 15.6. The second kappa shape index (κ2) is 6.22. The molecule has 0 aliphatic heterocycles. The zero-order valence-electron chi connectivity index (χ0n) is 11.1. The smallest absolute Gasteiger partial charge is 0.232 e. The lowest BCUT2D eigenvalue weighted by atomic mass is 10.2. The molecule has 0 amide bonds. The predicted octanol–water partition coefficient (Wildman–Crippen LogP) is 4.10. The average molecular weight is 348 g/mol. The summed E-state index contributed by atoms with van der Waals surface area (Å²) in [5, 5.41) is 0.721. The first-order valence-electron chi connectivity index (χ1n) is 5.94. The molecule has 2 aromatic carbocycles. The van der Waals surface area contributed by atoms with Crippen LogP contribution in [0.15, 0.2) is 42.5 Å². The Bertz CT molecular complexity index is 765. The fourth-order valence-electron chi connectivity index (χ4n) is 1.84. The first-order valence-corrected chi connectivity index (χ1v) is 8.55. The molecule has 0 aromatic heterocycles. The molecule has 0 atom stereocenters. The Morgan fingerprint density at radius 1 is 1.10 bits per heavy atom. The number of sulfonamides is 1. The third-order valence-electron chi connectivity index (χ3n) is 2.81. The lowest BCUT2D eigenvalue weighted by molar-refractivity contribution is 0.595. The van der Waals surface area contributed by atoms with E-state index in [4.69, 9.17) is 23.2 Å². The molecule has 0 aliphatic carbocycles. The molecule has 21 heavy (non-hydrogen) atoms. The van der Waals surface area contributed by atoms with Crippen molar-refractivity contribution in [2.24, 2.45) is 0 Å². The van der Waals surface area contributed by atoms with Crippen LogP contribution in [-0.2, 0) is 16.6 Å². The molecule has 0 aliphatic rings. The molecule has 0 spiro atoms. The molecule has 7 heteroatoms. The van der Waals surface area contributed by atoms with E-state index < -0.39 is 15.8 Å². The monoisotopic (exact) mass is 347 g/mol. The van der Waals surface area contributed by atoms with Crippen molar-refractivity contribution in [2.75, 3.05) is 10.6 Å². The van der Waals surface area contributed by atoms with Gasteiger partial charge in [-0.2, -0.15) is 0 Å². The maximum atomic E-state index is 13.3. The number of hydrogen-bond donors (Lipinski definition) is 0. The maximum Gasteiger partial charge on any atom is 0.232 e. The summed E-state index contributed by atoms with van der Waals surface area (Å²) in [5.41, 5.74) is 0.905. The molecule has 0 heterocycles. The minimum Gasteiger partial charge on any atom is -0.266 e. The molecule has 2 rings (SSSR count). The van der Waals surface area contributed by atoms with Gasteiger partial charge in [-0.1, -0.05) is 35.3 Å². The molecule has 0 saturated carbocycles. The number of benzene rings is 2. The summed E-state index contributed by atoms with van der Waals surface area (Å²) in [5.74, 6) is -0.504. The van der Waals surface area contributed by atoms with Crippen LogP contribution in [-0.4, -0.2) is 14.7 Å². The number of hydrogen-bond acceptors (Lipinski definition) is 2. The first kappa shape index (κ1) is 16.1. The van der Waals surface area contributed by atoms with E-state index in [-0.39, 0.29) is 12.2 Å². The molecule has 112 valence electrons. The van der Waals surface area contributed by atoms with E-state index in [0.717, 1.165) is 10.6 Å². The minimum absolute atomic E-state index is 0.0408. The topological polar surface area (TPSA) is 37.4 Å². The van der Waals surface area contributed by atoms with Crippen LogP contribution in [0.4, 0.5) is 10.1 Å². The largest absolute Gasteiger partial charge is 0.266 e. The van der Waals surface area contributed by atoms with Crippen LogP contribution in [0, 0.1) is 5.82 Å². The van der Waals surface area contributed by atoms with Crippen LogP contribution in [0.25, 0.3) is 0 Å². The van der Waals surface area contributed by atoms with Crippen molar-refractivity contribution in [2.45, 2.75) is 6.54 Å². The lowest BCUT2D eigenvalue weighted by Crippen LogP contribution is -2.29. The highest BCUT2D eigenvalue weighted by Gasteiger charge is 2.18. The van der Waals surface area contributed by atoms with Crippen molar-refractivity contribution in [1.82, 2.24) is 0 Å². The molecule has 0 unspecified atom stereocenters. The van der Waals surface area contributed by atoms with Gasteiger partial charge in [0.2, 0.25) is 10.0 Å². The van der Waals surface area contributed by atoms with Crippen LogP contribution in [0.2, 0.25) is 10.0 Å². The Kier molecular flexibility index (Phi) is 4.76. The second-order valence-corrected chi connectivity index (χ2v) is 7.22. The summed E-state index contributed by atoms with van der Waals surface area (Å²) in [6.07, 6.45) is 1.06. The van der Waals surface area contributed by atoms with Crippen molar-refractivity contribution < 1.29 is 12.8 Å². The molecular formula is C14H12Cl2FNO2S. The Labute approximate surface area is 133 Å². The highest BCUT2D eigenvalue weighted by molar-refractivity contribution is 7.92. The molecule has 0 fully saturated rings. The molecule has 0 N–H and O–H groups in total. The molecule has 2 aromatic rings. The van der Waals surface area contributed by atoms with Gasteiger partial charge in [0.1, 0.15) is 5.82 Å². The van der Waals surface area contributed by atoms with Gasteiger partial charge in [-0.05, 0) is 35.9 Å². The quantitative estimate of drug-likeness (QED) is 0.834. The summed E-state index contributed by atoms with van der Waals surface area (Å²) in [6, 6.07) is 10.2. The van der Waals surface area contributed by atoms with Gasteiger partial charge in [-0.3, -0.25) is 4.31 Å². The molecule has 0 radical (unpaired) electrons.